The number of amides is 1. The molecule has 0 atom stereocenters. The number of carbonyl (C=O) groups excluding carboxylic acids is 1. The monoisotopic (exact) mass is 507 g/mol. The summed E-state index contributed by atoms with van der Waals surface area (Å²) in [4.78, 5) is 12.5. The maximum absolute atomic E-state index is 12.5. The van der Waals surface area contributed by atoms with Crippen molar-refractivity contribution < 1.29 is 23.0 Å². The zero-order chi connectivity index (χ0) is 25.3. The molecule has 1 aromatic heterocycles. The van der Waals surface area contributed by atoms with Crippen LogP contribution in [0.15, 0.2) is 84.0 Å². The second-order valence-corrected chi connectivity index (χ2v) is 8.18. The van der Waals surface area contributed by atoms with E-state index in [4.69, 9.17) is 10.00 Å². The first-order valence-corrected chi connectivity index (χ1v) is 11.6. The topological polar surface area (TPSA) is 102 Å². The van der Waals surface area contributed by atoms with Gasteiger partial charge in [-0.05, 0) is 60.7 Å². The summed E-state index contributed by atoms with van der Waals surface area (Å²) < 4.78 is 36.5. The van der Waals surface area contributed by atoms with E-state index in [1.807, 2.05) is 30.3 Å². The molecule has 3 aromatic carbocycles. The number of para-hydroxylation sites is 1. The third-order valence-corrected chi connectivity index (χ3v) is 5.69. The number of ether oxygens (including phenoxy) is 2. The summed E-state index contributed by atoms with van der Waals surface area (Å²) in [6.07, 6.45) is 0. The number of benzene rings is 3. The van der Waals surface area contributed by atoms with Gasteiger partial charge in [0.2, 0.25) is 5.91 Å². The fourth-order valence-corrected chi connectivity index (χ4v) is 3.91. The molecule has 0 spiro atoms. The zero-order valence-corrected chi connectivity index (χ0v) is 19.5. The number of carbonyl (C=O) groups is 1. The predicted octanol–water partition coefficient (Wildman–Crippen LogP) is 5.05. The van der Waals surface area contributed by atoms with Crippen molar-refractivity contribution in [2.45, 2.75) is 18.4 Å². The van der Waals surface area contributed by atoms with Crippen LogP contribution in [0.2, 0.25) is 0 Å². The van der Waals surface area contributed by atoms with E-state index in [0.29, 0.717) is 28.0 Å². The molecular formula is C25H19F2N5O3S. The Labute approximate surface area is 209 Å². The molecule has 36 heavy (non-hydrogen) atoms. The van der Waals surface area contributed by atoms with E-state index in [2.05, 4.69) is 26.3 Å². The highest BCUT2D eigenvalue weighted by Crippen LogP contribution is 2.24. The summed E-state index contributed by atoms with van der Waals surface area (Å²) in [5, 5.41) is 20.6. The molecule has 0 radical (unpaired) electrons. The molecule has 0 saturated heterocycles. The third-order valence-electron chi connectivity index (χ3n) is 4.76. The van der Waals surface area contributed by atoms with Crippen LogP contribution < -0.4 is 14.8 Å². The van der Waals surface area contributed by atoms with E-state index in [1.165, 1.54) is 36.0 Å². The maximum atomic E-state index is 12.5. The van der Waals surface area contributed by atoms with Crippen LogP contribution in [0.1, 0.15) is 11.4 Å². The number of nitrogens with zero attached hydrogens (tertiary/aromatic N) is 4. The summed E-state index contributed by atoms with van der Waals surface area (Å²) in [7, 11) is 0. The summed E-state index contributed by atoms with van der Waals surface area (Å²) in [6, 6.07) is 23.9. The first-order chi connectivity index (χ1) is 17.5. The predicted molar refractivity (Wildman–Crippen MR) is 129 cm³/mol. The van der Waals surface area contributed by atoms with Gasteiger partial charge in [-0.1, -0.05) is 30.0 Å². The van der Waals surface area contributed by atoms with Crippen LogP contribution in [-0.4, -0.2) is 33.0 Å². The van der Waals surface area contributed by atoms with Gasteiger partial charge in [0.1, 0.15) is 18.1 Å². The fourth-order valence-electron chi connectivity index (χ4n) is 3.14. The van der Waals surface area contributed by atoms with Crippen molar-refractivity contribution in [1.82, 2.24) is 14.8 Å². The van der Waals surface area contributed by atoms with Crippen LogP contribution in [-0.2, 0) is 11.4 Å². The Balaban J connectivity index is 1.43. The second kappa shape index (κ2) is 11.8. The number of hydrogen-bond donors (Lipinski definition) is 1. The van der Waals surface area contributed by atoms with Crippen molar-refractivity contribution in [3.63, 3.8) is 0 Å². The van der Waals surface area contributed by atoms with Gasteiger partial charge in [0.15, 0.2) is 11.0 Å². The molecule has 0 bridgehead atoms. The zero-order valence-electron chi connectivity index (χ0n) is 18.7. The normalized spacial score (nSPS) is 10.6. The Morgan fingerprint density at radius 1 is 1.00 bits per heavy atom. The molecule has 1 amide bonds. The lowest BCUT2D eigenvalue weighted by molar-refractivity contribution is -0.113. The van der Waals surface area contributed by atoms with Crippen LogP contribution in [0.5, 0.6) is 11.5 Å². The van der Waals surface area contributed by atoms with Crippen LogP contribution in [0.3, 0.4) is 0 Å². The van der Waals surface area contributed by atoms with Gasteiger partial charge in [-0.3, -0.25) is 9.36 Å². The lowest BCUT2D eigenvalue weighted by Gasteiger charge is -2.11. The smallest absolute Gasteiger partial charge is 0.387 e. The van der Waals surface area contributed by atoms with Crippen LogP contribution in [0.4, 0.5) is 14.5 Å². The number of aromatic nitrogens is 3. The van der Waals surface area contributed by atoms with Gasteiger partial charge in [-0.15, -0.1) is 10.2 Å². The molecule has 4 aromatic rings. The summed E-state index contributed by atoms with van der Waals surface area (Å²) in [5.74, 6) is 0.847. The van der Waals surface area contributed by atoms with E-state index in [1.54, 1.807) is 28.8 Å². The summed E-state index contributed by atoms with van der Waals surface area (Å²) in [5.41, 5.74) is 1.78. The molecule has 8 nitrogen and oxygen atoms in total. The van der Waals surface area contributed by atoms with Crippen molar-refractivity contribution in [3.8, 4) is 23.3 Å². The standard InChI is InChI=1S/C25H19F2N5O3S/c26-24(27)35-21-12-8-18(9-13-21)29-23(33)16-36-25-31-30-22(32(25)19-4-2-1-3-5-19)15-34-20-10-6-17(14-28)7-11-20/h1-13,24H,15-16H2,(H,29,33). The molecule has 4 rings (SSSR count). The number of rotatable bonds is 10. The van der Waals surface area contributed by atoms with Gasteiger partial charge in [0.05, 0.1) is 17.4 Å². The Morgan fingerprint density at radius 2 is 1.69 bits per heavy atom. The highest BCUT2D eigenvalue weighted by molar-refractivity contribution is 7.99. The van der Waals surface area contributed by atoms with Gasteiger partial charge in [-0.25, -0.2) is 0 Å². The molecule has 0 fully saturated rings. The molecule has 0 unspecified atom stereocenters. The Kier molecular flexibility index (Phi) is 8.10. The van der Waals surface area contributed by atoms with Gasteiger partial charge in [0.25, 0.3) is 0 Å². The first-order valence-electron chi connectivity index (χ1n) is 10.6. The fraction of sp³-hybridized carbons (Fsp3) is 0.120. The largest absolute Gasteiger partial charge is 0.486 e. The lowest BCUT2D eigenvalue weighted by atomic mass is 10.2. The lowest BCUT2D eigenvalue weighted by Crippen LogP contribution is -2.15. The summed E-state index contributed by atoms with van der Waals surface area (Å²) >= 11 is 1.19. The SMILES string of the molecule is N#Cc1ccc(OCc2nnc(SCC(=O)Nc3ccc(OC(F)F)cc3)n2-c2ccccc2)cc1. The highest BCUT2D eigenvalue weighted by Gasteiger charge is 2.17. The number of alkyl halides is 2. The minimum atomic E-state index is -2.91. The van der Waals surface area contributed by atoms with Crippen molar-refractivity contribution in [2.24, 2.45) is 0 Å². The van der Waals surface area contributed by atoms with E-state index in [0.717, 1.165) is 5.69 Å². The quantitative estimate of drug-likeness (QED) is 0.300. The molecule has 0 aliphatic carbocycles. The van der Waals surface area contributed by atoms with Gasteiger partial charge in [0, 0.05) is 11.4 Å². The maximum Gasteiger partial charge on any atom is 0.387 e. The molecule has 182 valence electrons. The minimum Gasteiger partial charge on any atom is -0.486 e. The van der Waals surface area contributed by atoms with E-state index in [-0.39, 0.29) is 24.0 Å². The average Bonchev–Trinajstić information content (AvgIpc) is 3.30. The van der Waals surface area contributed by atoms with Gasteiger partial charge in [-0.2, -0.15) is 14.0 Å². The highest BCUT2D eigenvalue weighted by atomic mass is 32.2. The number of nitriles is 1. The minimum absolute atomic E-state index is 0.00379. The second-order valence-electron chi connectivity index (χ2n) is 7.23. The average molecular weight is 508 g/mol. The molecule has 11 heteroatoms. The molecule has 1 N–H and O–H groups in total. The van der Waals surface area contributed by atoms with Crippen molar-refractivity contribution in [1.29, 1.82) is 5.26 Å². The van der Waals surface area contributed by atoms with Crippen LogP contribution in [0.25, 0.3) is 5.69 Å². The van der Waals surface area contributed by atoms with Gasteiger partial charge < -0.3 is 14.8 Å². The molecular weight excluding hydrogens is 488 g/mol. The number of anilines is 1. The number of hydrogen-bond acceptors (Lipinski definition) is 7. The van der Waals surface area contributed by atoms with E-state index in [9.17, 15) is 13.6 Å². The Bertz CT molecular complexity index is 1340. The molecule has 0 saturated carbocycles. The summed E-state index contributed by atoms with van der Waals surface area (Å²) in [6.45, 7) is -2.80. The van der Waals surface area contributed by atoms with Crippen molar-refractivity contribution in [3.05, 3.63) is 90.3 Å². The number of nitrogens with one attached hydrogen (secondary N) is 1. The van der Waals surface area contributed by atoms with Gasteiger partial charge >= 0.3 is 6.61 Å². The van der Waals surface area contributed by atoms with Crippen LogP contribution >= 0.6 is 11.8 Å². The molecule has 1 heterocycles. The molecule has 0 aliphatic heterocycles. The van der Waals surface area contributed by atoms with E-state index < -0.39 is 6.61 Å². The Morgan fingerprint density at radius 3 is 2.36 bits per heavy atom. The first kappa shape index (κ1) is 24.7. The third kappa shape index (κ3) is 6.58. The number of halogens is 2. The van der Waals surface area contributed by atoms with Crippen molar-refractivity contribution in [2.75, 3.05) is 11.1 Å². The van der Waals surface area contributed by atoms with E-state index >= 15 is 0 Å². The molecule has 0 aliphatic rings. The van der Waals surface area contributed by atoms with Crippen LogP contribution in [0, 0.1) is 11.3 Å². The Hall–Kier alpha value is -4.43. The number of thioether (sulfide) groups is 1. The van der Waals surface area contributed by atoms with Crippen molar-refractivity contribution >= 4 is 23.4 Å².